The normalized spacial score (nSPS) is 25.1. The van der Waals surface area contributed by atoms with Crippen molar-refractivity contribution in [3.63, 3.8) is 0 Å². The van der Waals surface area contributed by atoms with E-state index in [1.807, 2.05) is 0 Å². The molecule has 1 unspecified atom stereocenters. The summed E-state index contributed by atoms with van der Waals surface area (Å²) in [6.07, 6.45) is 2.09. The van der Waals surface area contributed by atoms with Crippen molar-refractivity contribution in [3.8, 4) is 0 Å². The smallest absolute Gasteiger partial charge is 0.328 e. The first-order valence-electron chi connectivity index (χ1n) is 5.96. The molecule has 0 aromatic rings. The van der Waals surface area contributed by atoms with Gasteiger partial charge >= 0.3 is 5.97 Å². The van der Waals surface area contributed by atoms with Crippen LogP contribution in [0, 0.1) is 5.92 Å². The van der Waals surface area contributed by atoms with Gasteiger partial charge in [0, 0.05) is 19.0 Å². The highest BCUT2D eigenvalue weighted by atomic mass is 16.4. The van der Waals surface area contributed by atoms with E-state index in [0.29, 0.717) is 6.54 Å². The van der Waals surface area contributed by atoms with Crippen molar-refractivity contribution < 1.29 is 24.6 Å². The van der Waals surface area contributed by atoms with Crippen LogP contribution in [0.2, 0.25) is 0 Å². The Bertz CT molecular complexity index is 380. The van der Waals surface area contributed by atoms with E-state index in [4.69, 9.17) is 10.2 Å². The number of amides is 2. The van der Waals surface area contributed by atoms with Crippen molar-refractivity contribution in [2.45, 2.75) is 31.3 Å². The number of nitrogens with zero attached hydrogens (tertiary/aromatic N) is 1. The van der Waals surface area contributed by atoms with E-state index in [-0.39, 0.29) is 18.4 Å². The number of likely N-dealkylation sites (tertiary alicyclic amines) is 1. The first-order valence-corrected chi connectivity index (χ1v) is 5.96. The summed E-state index contributed by atoms with van der Waals surface area (Å²) in [4.78, 5) is 35.8. The van der Waals surface area contributed by atoms with Gasteiger partial charge in [-0.25, -0.2) is 4.79 Å². The number of nitrogens with one attached hydrogen (secondary N) is 1. The highest BCUT2D eigenvalue weighted by molar-refractivity contribution is 5.91. The Kier molecular flexibility index (Phi) is 3.51. The maximum atomic E-state index is 11.8. The quantitative estimate of drug-likeness (QED) is 0.558. The van der Waals surface area contributed by atoms with Crippen LogP contribution in [0.4, 0.5) is 0 Å². The Hall–Kier alpha value is -1.63. The van der Waals surface area contributed by atoms with Crippen LogP contribution >= 0.6 is 0 Å². The molecule has 2 aliphatic rings. The summed E-state index contributed by atoms with van der Waals surface area (Å²) in [6, 6.07) is -1.04. The predicted octanol–water partition coefficient (Wildman–Crippen LogP) is -1.44. The molecule has 100 valence electrons. The van der Waals surface area contributed by atoms with E-state index < -0.39 is 30.4 Å². The summed E-state index contributed by atoms with van der Waals surface area (Å²) in [7, 11) is 0. The number of carbonyl (C=O) groups excluding carboxylic acids is 2. The van der Waals surface area contributed by atoms with Crippen LogP contribution in [0.5, 0.6) is 0 Å². The summed E-state index contributed by atoms with van der Waals surface area (Å²) >= 11 is 0. The number of aliphatic hydroxyl groups excluding tert-OH is 1. The van der Waals surface area contributed by atoms with Gasteiger partial charge in [0.25, 0.3) is 0 Å². The second-order valence-electron chi connectivity index (χ2n) is 4.76. The van der Waals surface area contributed by atoms with Crippen LogP contribution in [0.25, 0.3) is 0 Å². The minimum Gasteiger partial charge on any atom is -0.480 e. The van der Waals surface area contributed by atoms with Gasteiger partial charge in [-0.2, -0.15) is 0 Å². The zero-order valence-corrected chi connectivity index (χ0v) is 9.83. The second-order valence-corrected chi connectivity index (χ2v) is 4.76. The van der Waals surface area contributed by atoms with Crippen molar-refractivity contribution in [2.24, 2.45) is 5.92 Å². The fourth-order valence-electron chi connectivity index (χ4n) is 2.12. The number of hydrogen-bond acceptors (Lipinski definition) is 4. The van der Waals surface area contributed by atoms with Crippen LogP contribution in [-0.4, -0.2) is 58.1 Å². The molecule has 1 aliphatic carbocycles. The van der Waals surface area contributed by atoms with E-state index in [0.717, 1.165) is 12.8 Å². The average molecular weight is 256 g/mol. The molecule has 18 heavy (non-hydrogen) atoms. The van der Waals surface area contributed by atoms with E-state index >= 15 is 0 Å². The molecule has 1 heterocycles. The Balaban J connectivity index is 1.90. The molecule has 7 nitrogen and oxygen atoms in total. The molecular formula is C11H16N2O5. The number of aliphatic carboxylic acids is 1. The fourth-order valence-corrected chi connectivity index (χ4v) is 2.12. The minimum atomic E-state index is -1.30. The van der Waals surface area contributed by atoms with E-state index in [1.54, 1.807) is 4.90 Å². The molecule has 1 aliphatic heterocycles. The van der Waals surface area contributed by atoms with Gasteiger partial charge in [-0.3, -0.25) is 9.59 Å². The van der Waals surface area contributed by atoms with Gasteiger partial charge in [-0.05, 0) is 12.8 Å². The lowest BCUT2D eigenvalue weighted by atomic mass is 10.1. The molecule has 3 N–H and O–H groups in total. The SMILES string of the molecule is O=C(N[C@@H](CO)C(=O)O)C1CC(=O)N(C2CC2)C1. The Morgan fingerprint density at radius 3 is 2.61 bits per heavy atom. The van der Waals surface area contributed by atoms with Crippen LogP contribution < -0.4 is 5.32 Å². The molecular weight excluding hydrogens is 240 g/mol. The molecule has 2 atom stereocenters. The van der Waals surface area contributed by atoms with Crippen LogP contribution in [0.3, 0.4) is 0 Å². The van der Waals surface area contributed by atoms with E-state index in [9.17, 15) is 14.4 Å². The van der Waals surface area contributed by atoms with Crippen LogP contribution in [0.15, 0.2) is 0 Å². The first-order chi connectivity index (χ1) is 8.52. The molecule has 0 aromatic heterocycles. The third kappa shape index (κ3) is 2.61. The third-order valence-electron chi connectivity index (χ3n) is 3.31. The maximum Gasteiger partial charge on any atom is 0.328 e. The molecule has 2 amide bonds. The zero-order valence-electron chi connectivity index (χ0n) is 9.83. The monoisotopic (exact) mass is 256 g/mol. The van der Waals surface area contributed by atoms with Gasteiger partial charge in [0.05, 0.1) is 12.5 Å². The maximum absolute atomic E-state index is 11.8. The lowest BCUT2D eigenvalue weighted by molar-refractivity contribution is -0.143. The Labute approximate surface area is 104 Å². The van der Waals surface area contributed by atoms with Crippen molar-refractivity contribution in [3.05, 3.63) is 0 Å². The van der Waals surface area contributed by atoms with Gasteiger partial charge < -0.3 is 20.4 Å². The molecule has 1 saturated heterocycles. The van der Waals surface area contributed by atoms with Crippen molar-refractivity contribution >= 4 is 17.8 Å². The highest BCUT2D eigenvalue weighted by Gasteiger charge is 2.42. The number of carboxylic acids is 1. The van der Waals surface area contributed by atoms with Crippen LogP contribution in [-0.2, 0) is 14.4 Å². The Morgan fingerprint density at radius 2 is 2.11 bits per heavy atom. The third-order valence-corrected chi connectivity index (χ3v) is 3.31. The molecule has 1 saturated carbocycles. The van der Waals surface area contributed by atoms with Crippen molar-refractivity contribution in [2.75, 3.05) is 13.2 Å². The first kappa shape index (κ1) is 12.8. The van der Waals surface area contributed by atoms with Gasteiger partial charge in [-0.1, -0.05) is 0 Å². The molecule has 0 bridgehead atoms. The molecule has 7 heteroatoms. The summed E-state index contributed by atoms with van der Waals surface area (Å²) in [5.41, 5.74) is 0. The number of hydrogen-bond donors (Lipinski definition) is 3. The molecule has 2 rings (SSSR count). The lowest BCUT2D eigenvalue weighted by Gasteiger charge is -2.17. The molecule has 0 spiro atoms. The molecule has 0 aromatic carbocycles. The number of rotatable bonds is 5. The number of carboxylic acid groups (broad SMARTS) is 1. The summed E-state index contributed by atoms with van der Waals surface area (Å²) < 4.78 is 0. The molecule has 2 fully saturated rings. The average Bonchev–Trinajstić information content (AvgIpc) is 3.08. The van der Waals surface area contributed by atoms with E-state index in [2.05, 4.69) is 5.32 Å². The van der Waals surface area contributed by atoms with Gasteiger partial charge in [-0.15, -0.1) is 0 Å². The van der Waals surface area contributed by atoms with E-state index in [1.165, 1.54) is 0 Å². The fraction of sp³-hybridized carbons (Fsp3) is 0.727. The standard InChI is InChI=1S/C11H16N2O5/c14-5-8(11(17)18)12-10(16)6-3-9(15)13(4-6)7-1-2-7/h6-8,14H,1-5H2,(H,12,16)(H,17,18)/t6?,8-/m0/s1. The summed E-state index contributed by atoms with van der Waals surface area (Å²) in [5, 5.41) is 19.8. The number of aliphatic hydroxyl groups is 1. The van der Waals surface area contributed by atoms with Crippen molar-refractivity contribution in [1.82, 2.24) is 10.2 Å². The largest absolute Gasteiger partial charge is 0.480 e. The summed E-state index contributed by atoms with van der Waals surface area (Å²) in [5.74, 6) is -2.32. The predicted molar refractivity (Wildman–Crippen MR) is 59.5 cm³/mol. The summed E-state index contributed by atoms with van der Waals surface area (Å²) in [6.45, 7) is -0.304. The second kappa shape index (κ2) is 4.93. The Morgan fingerprint density at radius 1 is 1.44 bits per heavy atom. The topological polar surface area (TPSA) is 107 Å². The van der Waals surface area contributed by atoms with Crippen LogP contribution in [0.1, 0.15) is 19.3 Å². The minimum absolute atomic E-state index is 0.0477. The van der Waals surface area contributed by atoms with Gasteiger partial charge in [0.1, 0.15) is 6.04 Å². The lowest BCUT2D eigenvalue weighted by Crippen LogP contribution is -2.46. The zero-order chi connectivity index (χ0) is 13.3. The highest BCUT2D eigenvalue weighted by Crippen LogP contribution is 2.32. The molecule has 0 radical (unpaired) electrons. The number of carbonyl (C=O) groups is 3. The van der Waals surface area contributed by atoms with Gasteiger partial charge in [0.2, 0.25) is 11.8 Å². The van der Waals surface area contributed by atoms with Gasteiger partial charge in [0.15, 0.2) is 0 Å². The van der Waals surface area contributed by atoms with Crippen molar-refractivity contribution in [1.29, 1.82) is 0 Å².